The lowest BCUT2D eigenvalue weighted by molar-refractivity contribution is 0.481. The van der Waals surface area contributed by atoms with Gasteiger partial charge in [-0.3, -0.25) is 4.99 Å². The summed E-state index contributed by atoms with van der Waals surface area (Å²) in [5.74, 6) is 1.57. The molecule has 1 aromatic heterocycles. The van der Waals surface area contributed by atoms with Gasteiger partial charge in [0.25, 0.3) is 0 Å². The fourth-order valence-corrected chi connectivity index (χ4v) is 2.55. The van der Waals surface area contributed by atoms with Crippen molar-refractivity contribution in [2.24, 2.45) is 10.9 Å². The van der Waals surface area contributed by atoms with Crippen LogP contribution in [-0.2, 0) is 13.0 Å². The number of halogens is 1. The summed E-state index contributed by atoms with van der Waals surface area (Å²) in [6.45, 7) is 8.30. The summed E-state index contributed by atoms with van der Waals surface area (Å²) < 4.78 is 0. The Kier molecular flexibility index (Phi) is 11.1. The predicted molar refractivity (Wildman–Crippen MR) is 99.2 cm³/mol. The fraction of sp³-hybridized carbons (Fsp3) is 0.714. The van der Waals surface area contributed by atoms with Crippen molar-refractivity contribution in [1.29, 1.82) is 0 Å². The monoisotopic (exact) mass is 410 g/mol. The summed E-state index contributed by atoms with van der Waals surface area (Å²) in [5.41, 5.74) is 1.09. The second-order valence-electron chi connectivity index (χ2n) is 4.58. The molecule has 0 unspecified atom stereocenters. The Morgan fingerprint density at radius 3 is 2.50 bits per heavy atom. The van der Waals surface area contributed by atoms with Crippen LogP contribution in [0.4, 0.5) is 0 Å². The number of rotatable bonds is 7. The van der Waals surface area contributed by atoms with Crippen LogP contribution in [0.15, 0.2) is 10.4 Å². The molecule has 116 valence electrons. The van der Waals surface area contributed by atoms with Crippen molar-refractivity contribution in [3.05, 3.63) is 16.1 Å². The molecule has 0 aliphatic carbocycles. The van der Waals surface area contributed by atoms with Gasteiger partial charge in [0.05, 0.1) is 17.2 Å². The zero-order valence-electron chi connectivity index (χ0n) is 12.9. The molecule has 0 fully saturated rings. The van der Waals surface area contributed by atoms with E-state index in [1.807, 2.05) is 0 Å². The van der Waals surface area contributed by atoms with Crippen molar-refractivity contribution in [2.45, 2.75) is 46.6 Å². The molecule has 0 atom stereocenters. The zero-order valence-corrected chi connectivity index (χ0v) is 16.0. The van der Waals surface area contributed by atoms with Crippen molar-refractivity contribution in [3.63, 3.8) is 0 Å². The van der Waals surface area contributed by atoms with E-state index >= 15 is 0 Å². The van der Waals surface area contributed by atoms with Crippen LogP contribution >= 0.6 is 35.3 Å². The zero-order chi connectivity index (χ0) is 14.1. The quantitative estimate of drug-likeness (QED) is 0.412. The van der Waals surface area contributed by atoms with Gasteiger partial charge in [0, 0.05) is 19.0 Å². The predicted octanol–water partition coefficient (Wildman–Crippen LogP) is 3.42. The van der Waals surface area contributed by atoms with E-state index < -0.39 is 0 Å². The maximum Gasteiger partial charge on any atom is 0.191 e. The van der Waals surface area contributed by atoms with Crippen LogP contribution in [0.1, 0.15) is 44.3 Å². The number of guanidine groups is 1. The molecule has 0 aromatic carbocycles. The molecule has 1 heterocycles. The highest BCUT2D eigenvalue weighted by Crippen LogP contribution is 2.09. The van der Waals surface area contributed by atoms with Crippen LogP contribution in [0, 0.1) is 5.92 Å². The number of thiazole rings is 1. The normalized spacial score (nSPS) is 11.3. The first kappa shape index (κ1) is 19.6. The van der Waals surface area contributed by atoms with E-state index in [0.717, 1.165) is 31.2 Å². The molecule has 0 spiro atoms. The second kappa shape index (κ2) is 11.3. The van der Waals surface area contributed by atoms with E-state index in [1.54, 1.807) is 18.4 Å². The van der Waals surface area contributed by atoms with Crippen molar-refractivity contribution in [2.75, 3.05) is 13.6 Å². The van der Waals surface area contributed by atoms with Gasteiger partial charge < -0.3 is 10.6 Å². The summed E-state index contributed by atoms with van der Waals surface area (Å²) in [6, 6.07) is 0. The number of hydrogen-bond donors (Lipinski definition) is 2. The first-order chi connectivity index (χ1) is 9.23. The third kappa shape index (κ3) is 6.88. The van der Waals surface area contributed by atoms with Crippen LogP contribution in [0.2, 0.25) is 0 Å². The SMILES string of the molecule is CCc1nc(CNC(=NC)NCC(CC)CC)cs1.I. The summed E-state index contributed by atoms with van der Waals surface area (Å²) in [5, 5.41) is 9.99. The minimum atomic E-state index is 0. The summed E-state index contributed by atoms with van der Waals surface area (Å²) in [6.07, 6.45) is 3.41. The molecule has 0 saturated carbocycles. The summed E-state index contributed by atoms with van der Waals surface area (Å²) in [4.78, 5) is 8.78. The molecule has 1 rings (SSSR count). The molecule has 0 amide bonds. The van der Waals surface area contributed by atoms with Crippen LogP contribution < -0.4 is 10.6 Å². The molecule has 1 aromatic rings. The van der Waals surface area contributed by atoms with Crippen molar-refractivity contribution in [3.8, 4) is 0 Å². The molecule has 0 aliphatic heterocycles. The van der Waals surface area contributed by atoms with E-state index in [2.05, 4.69) is 46.8 Å². The van der Waals surface area contributed by atoms with Gasteiger partial charge in [-0.05, 0) is 12.3 Å². The molecule has 2 N–H and O–H groups in total. The lowest BCUT2D eigenvalue weighted by Gasteiger charge is -2.16. The van der Waals surface area contributed by atoms with Gasteiger partial charge in [0.1, 0.15) is 0 Å². The Balaban J connectivity index is 0.00000361. The molecule has 6 heteroatoms. The van der Waals surface area contributed by atoms with E-state index in [1.165, 1.54) is 17.8 Å². The number of aryl methyl sites for hydroxylation is 1. The first-order valence-electron chi connectivity index (χ1n) is 7.11. The van der Waals surface area contributed by atoms with Crippen molar-refractivity contribution in [1.82, 2.24) is 15.6 Å². The number of aliphatic imine (C=N–C) groups is 1. The van der Waals surface area contributed by atoms with Crippen LogP contribution in [0.5, 0.6) is 0 Å². The van der Waals surface area contributed by atoms with Gasteiger partial charge >= 0.3 is 0 Å². The van der Waals surface area contributed by atoms with Crippen molar-refractivity contribution < 1.29 is 0 Å². The topological polar surface area (TPSA) is 49.3 Å². The van der Waals surface area contributed by atoms with Gasteiger partial charge in [0.2, 0.25) is 0 Å². The lowest BCUT2D eigenvalue weighted by Crippen LogP contribution is -2.39. The average Bonchev–Trinajstić information content (AvgIpc) is 2.91. The highest BCUT2D eigenvalue weighted by atomic mass is 127. The molecule has 0 saturated heterocycles. The maximum atomic E-state index is 4.54. The minimum absolute atomic E-state index is 0. The number of hydrogen-bond acceptors (Lipinski definition) is 3. The average molecular weight is 410 g/mol. The Bertz CT molecular complexity index is 388. The van der Waals surface area contributed by atoms with Crippen LogP contribution in [0.3, 0.4) is 0 Å². The van der Waals surface area contributed by atoms with E-state index in [-0.39, 0.29) is 24.0 Å². The molecule has 4 nitrogen and oxygen atoms in total. The molecule has 0 radical (unpaired) electrons. The summed E-state index contributed by atoms with van der Waals surface area (Å²) in [7, 11) is 1.81. The molecule has 20 heavy (non-hydrogen) atoms. The molecule has 0 aliphatic rings. The third-order valence-corrected chi connectivity index (χ3v) is 4.32. The molecule has 0 bridgehead atoms. The van der Waals surface area contributed by atoms with E-state index in [0.29, 0.717) is 5.92 Å². The highest BCUT2D eigenvalue weighted by molar-refractivity contribution is 14.0. The highest BCUT2D eigenvalue weighted by Gasteiger charge is 2.05. The number of nitrogens with one attached hydrogen (secondary N) is 2. The molecular weight excluding hydrogens is 383 g/mol. The van der Waals surface area contributed by atoms with Gasteiger partial charge in [-0.1, -0.05) is 33.6 Å². The van der Waals surface area contributed by atoms with Gasteiger partial charge in [0.15, 0.2) is 5.96 Å². The Hall–Kier alpha value is -0.370. The Morgan fingerprint density at radius 1 is 1.30 bits per heavy atom. The van der Waals surface area contributed by atoms with Crippen molar-refractivity contribution >= 4 is 41.3 Å². The number of aromatic nitrogens is 1. The Morgan fingerprint density at radius 2 is 2.00 bits per heavy atom. The summed E-state index contributed by atoms with van der Waals surface area (Å²) >= 11 is 1.72. The number of nitrogens with zero attached hydrogens (tertiary/aromatic N) is 2. The molecular formula is C14H27IN4S. The van der Waals surface area contributed by atoms with Crippen LogP contribution in [0.25, 0.3) is 0 Å². The van der Waals surface area contributed by atoms with Crippen LogP contribution in [-0.4, -0.2) is 24.5 Å². The standard InChI is InChI=1S/C14H26N4S.HI/c1-5-11(6-2)8-16-14(15-4)17-9-12-10-19-13(7-3)18-12;/h10-11H,5-9H2,1-4H3,(H2,15,16,17);1H. The lowest BCUT2D eigenvalue weighted by atomic mass is 10.0. The van der Waals surface area contributed by atoms with E-state index in [9.17, 15) is 0 Å². The first-order valence-corrected chi connectivity index (χ1v) is 7.99. The maximum absolute atomic E-state index is 4.54. The minimum Gasteiger partial charge on any atom is -0.356 e. The fourth-order valence-electron chi connectivity index (χ4n) is 1.81. The third-order valence-electron chi connectivity index (χ3n) is 3.28. The smallest absolute Gasteiger partial charge is 0.191 e. The van der Waals surface area contributed by atoms with E-state index in [4.69, 9.17) is 0 Å². The largest absolute Gasteiger partial charge is 0.356 e. The Labute approximate surface area is 143 Å². The van der Waals surface area contributed by atoms with Gasteiger partial charge in [-0.15, -0.1) is 35.3 Å². The van der Waals surface area contributed by atoms with Gasteiger partial charge in [-0.25, -0.2) is 4.98 Å². The second-order valence-corrected chi connectivity index (χ2v) is 5.52. The van der Waals surface area contributed by atoms with Gasteiger partial charge in [-0.2, -0.15) is 0 Å².